The molecule has 1 saturated heterocycles. The Bertz CT molecular complexity index is 438. The van der Waals surface area contributed by atoms with Crippen LogP contribution in [0, 0.1) is 0 Å². The van der Waals surface area contributed by atoms with E-state index in [1.165, 1.54) is 0 Å². The maximum atomic E-state index is 9.55. The molecule has 0 saturated carbocycles. The topological polar surface area (TPSA) is 39.6 Å². The SMILES string of the molecule is CC1CN(C)CCN1c1nc(C(C)(C)C)c(CO)s1. The molecular formula is C14H25N3OS. The zero-order valence-electron chi connectivity index (χ0n) is 12.6. The highest BCUT2D eigenvalue weighted by Gasteiger charge is 2.28. The predicted octanol–water partition coefficient (Wildman–Crippen LogP) is 2.07. The maximum Gasteiger partial charge on any atom is 0.186 e. The molecule has 0 bridgehead atoms. The molecule has 1 fully saturated rings. The van der Waals surface area contributed by atoms with Gasteiger partial charge in [-0.1, -0.05) is 32.1 Å². The number of aliphatic hydroxyl groups is 1. The largest absolute Gasteiger partial charge is 0.391 e. The average molecular weight is 283 g/mol. The van der Waals surface area contributed by atoms with Gasteiger partial charge in [0.25, 0.3) is 0 Å². The number of anilines is 1. The first kappa shape index (κ1) is 14.8. The lowest BCUT2D eigenvalue weighted by atomic mass is 9.91. The van der Waals surface area contributed by atoms with Crippen LogP contribution in [0.15, 0.2) is 0 Å². The first-order valence-electron chi connectivity index (χ1n) is 6.89. The Morgan fingerprint density at radius 1 is 1.37 bits per heavy atom. The molecule has 4 nitrogen and oxygen atoms in total. The number of hydrogen-bond acceptors (Lipinski definition) is 5. The van der Waals surface area contributed by atoms with Crippen LogP contribution in [0.2, 0.25) is 0 Å². The summed E-state index contributed by atoms with van der Waals surface area (Å²) >= 11 is 1.64. The van der Waals surface area contributed by atoms with Gasteiger partial charge >= 0.3 is 0 Å². The van der Waals surface area contributed by atoms with Gasteiger partial charge in [0.1, 0.15) is 0 Å². The van der Waals surface area contributed by atoms with Crippen molar-refractivity contribution >= 4 is 16.5 Å². The van der Waals surface area contributed by atoms with Crippen LogP contribution in [0.1, 0.15) is 38.3 Å². The van der Waals surface area contributed by atoms with E-state index in [1.54, 1.807) is 11.3 Å². The highest BCUT2D eigenvalue weighted by atomic mass is 32.1. The quantitative estimate of drug-likeness (QED) is 0.902. The van der Waals surface area contributed by atoms with E-state index in [0.29, 0.717) is 6.04 Å². The van der Waals surface area contributed by atoms with Crippen molar-refractivity contribution in [1.82, 2.24) is 9.88 Å². The number of aliphatic hydroxyl groups excluding tert-OH is 1. The third kappa shape index (κ3) is 3.09. The molecule has 0 amide bonds. The molecule has 2 heterocycles. The van der Waals surface area contributed by atoms with Crippen molar-refractivity contribution in [3.8, 4) is 0 Å². The fraction of sp³-hybridized carbons (Fsp3) is 0.786. The Labute approximate surface area is 120 Å². The summed E-state index contributed by atoms with van der Waals surface area (Å²) in [6.07, 6.45) is 0. The first-order chi connectivity index (χ1) is 8.82. The second-order valence-corrected chi connectivity index (χ2v) is 7.54. The van der Waals surface area contributed by atoms with Crippen LogP contribution in [0.5, 0.6) is 0 Å². The zero-order valence-corrected chi connectivity index (χ0v) is 13.4. The standard InChI is InChI=1S/C14H25N3OS/c1-10-8-16(5)6-7-17(10)13-15-12(14(2,3)4)11(9-18)19-13/h10,18H,6-9H2,1-5H3. The molecule has 2 rings (SSSR count). The fourth-order valence-electron chi connectivity index (χ4n) is 2.58. The molecule has 1 aromatic rings. The smallest absolute Gasteiger partial charge is 0.186 e. The summed E-state index contributed by atoms with van der Waals surface area (Å²) in [5, 5.41) is 10.6. The molecule has 1 N–H and O–H groups in total. The normalized spacial score (nSPS) is 22.0. The van der Waals surface area contributed by atoms with Gasteiger partial charge in [-0.2, -0.15) is 0 Å². The van der Waals surface area contributed by atoms with Crippen LogP contribution in [-0.4, -0.2) is 47.7 Å². The zero-order chi connectivity index (χ0) is 14.2. The second-order valence-electron chi connectivity index (χ2n) is 6.48. The second kappa shape index (κ2) is 5.38. The van der Waals surface area contributed by atoms with E-state index in [0.717, 1.165) is 35.3 Å². The van der Waals surface area contributed by atoms with Gasteiger partial charge < -0.3 is 14.9 Å². The van der Waals surface area contributed by atoms with Crippen LogP contribution in [0.25, 0.3) is 0 Å². The molecule has 1 unspecified atom stereocenters. The predicted molar refractivity (Wildman–Crippen MR) is 81.0 cm³/mol. The van der Waals surface area contributed by atoms with E-state index in [2.05, 4.69) is 44.5 Å². The molecule has 1 aromatic heterocycles. The molecule has 1 atom stereocenters. The molecule has 0 aromatic carbocycles. The van der Waals surface area contributed by atoms with Crippen LogP contribution in [0.3, 0.4) is 0 Å². The van der Waals surface area contributed by atoms with E-state index >= 15 is 0 Å². The number of hydrogen-bond donors (Lipinski definition) is 1. The summed E-state index contributed by atoms with van der Waals surface area (Å²) in [5.41, 5.74) is 1.03. The van der Waals surface area contributed by atoms with Crippen molar-refractivity contribution in [3.63, 3.8) is 0 Å². The number of rotatable bonds is 2. The van der Waals surface area contributed by atoms with Crippen molar-refractivity contribution < 1.29 is 5.11 Å². The molecule has 1 aliphatic heterocycles. The molecule has 0 radical (unpaired) electrons. The third-order valence-electron chi connectivity index (χ3n) is 3.62. The van der Waals surface area contributed by atoms with Crippen molar-refractivity contribution in [2.24, 2.45) is 0 Å². The summed E-state index contributed by atoms with van der Waals surface area (Å²) in [4.78, 5) is 10.6. The lowest BCUT2D eigenvalue weighted by Gasteiger charge is -2.38. The van der Waals surface area contributed by atoms with Gasteiger partial charge in [0.15, 0.2) is 5.13 Å². The number of thiazole rings is 1. The maximum absolute atomic E-state index is 9.55. The molecule has 1 aliphatic rings. The molecule has 0 aliphatic carbocycles. The summed E-state index contributed by atoms with van der Waals surface area (Å²) in [7, 11) is 2.16. The lowest BCUT2D eigenvalue weighted by molar-refractivity contribution is 0.275. The third-order valence-corrected chi connectivity index (χ3v) is 4.69. The lowest BCUT2D eigenvalue weighted by Crippen LogP contribution is -2.50. The first-order valence-corrected chi connectivity index (χ1v) is 7.71. The molecule has 19 heavy (non-hydrogen) atoms. The van der Waals surface area contributed by atoms with Gasteiger partial charge in [0, 0.05) is 31.1 Å². The van der Waals surface area contributed by atoms with Gasteiger partial charge in [-0.25, -0.2) is 4.98 Å². The van der Waals surface area contributed by atoms with Crippen LogP contribution >= 0.6 is 11.3 Å². The minimum atomic E-state index is -0.0113. The Hall–Kier alpha value is -0.650. The number of nitrogens with zero attached hydrogens (tertiary/aromatic N) is 3. The fourth-order valence-corrected chi connectivity index (χ4v) is 3.84. The molecule has 108 valence electrons. The summed E-state index contributed by atoms with van der Waals surface area (Å²) in [6.45, 7) is 11.9. The van der Waals surface area contributed by atoms with Crippen molar-refractivity contribution in [2.45, 2.75) is 45.8 Å². The molecule has 0 spiro atoms. The Kier molecular flexibility index (Phi) is 4.18. The van der Waals surface area contributed by atoms with E-state index in [-0.39, 0.29) is 12.0 Å². The number of piperazine rings is 1. The average Bonchev–Trinajstić information content (AvgIpc) is 2.72. The summed E-state index contributed by atoms with van der Waals surface area (Å²) in [6, 6.07) is 0.476. The van der Waals surface area contributed by atoms with Crippen LogP contribution in [-0.2, 0) is 12.0 Å². The van der Waals surface area contributed by atoms with E-state index in [4.69, 9.17) is 4.98 Å². The Morgan fingerprint density at radius 3 is 2.53 bits per heavy atom. The van der Waals surface area contributed by atoms with Gasteiger partial charge in [0.05, 0.1) is 17.2 Å². The highest BCUT2D eigenvalue weighted by Crippen LogP contribution is 2.35. The van der Waals surface area contributed by atoms with Crippen molar-refractivity contribution in [3.05, 3.63) is 10.6 Å². The van der Waals surface area contributed by atoms with Crippen LogP contribution in [0.4, 0.5) is 5.13 Å². The van der Waals surface area contributed by atoms with Gasteiger partial charge in [-0.3, -0.25) is 0 Å². The van der Waals surface area contributed by atoms with Gasteiger partial charge in [-0.05, 0) is 14.0 Å². The van der Waals surface area contributed by atoms with Crippen LogP contribution < -0.4 is 4.90 Å². The molecule has 5 heteroatoms. The minimum Gasteiger partial charge on any atom is -0.391 e. The van der Waals surface area contributed by atoms with Crippen molar-refractivity contribution in [2.75, 3.05) is 31.6 Å². The van der Waals surface area contributed by atoms with E-state index in [9.17, 15) is 5.11 Å². The van der Waals surface area contributed by atoms with Gasteiger partial charge in [0.2, 0.25) is 0 Å². The minimum absolute atomic E-state index is 0.0113. The van der Waals surface area contributed by atoms with E-state index in [1.807, 2.05) is 0 Å². The number of likely N-dealkylation sites (N-methyl/N-ethyl adjacent to an activating group) is 1. The van der Waals surface area contributed by atoms with E-state index < -0.39 is 0 Å². The summed E-state index contributed by atoms with van der Waals surface area (Å²) in [5.74, 6) is 0. The number of aromatic nitrogens is 1. The Morgan fingerprint density at radius 2 is 2.05 bits per heavy atom. The van der Waals surface area contributed by atoms with Gasteiger partial charge in [-0.15, -0.1) is 0 Å². The Balaban J connectivity index is 2.28. The highest BCUT2D eigenvalue weighted by molar-refractivity contribution is 7.15. The molecular weight excluding hydrogens is 258 g/mol. The van der Waals surface area contributed by atoms with Crippen molar-refractivity contribution in [1.29, 1.82) is 0 Å². The summed E-state index contributed by atoms with van der Waals surface area (Å²) < 4.78 is 0. The monoisotopic (exact) mass is 283 g/mol.